The van der Waals surface area contributed by atoms with E-state index >= 15 is 0 Å². The fourth-order valence-electron chi connectivity index (χ4n) is 3.60. The number of likely N-dealkylation sites (tertiary alicyclic amines) is 1. The number of benzene rings is 1. The number of nitrogens with zero attached hydrogens (tertiary/aromatic N) is 3. The lowest BCUT2D eigenvalue weighted by molar-refractivity contribution is -0.154. The summed E-state index contributed by atoms with van der Waals surface area (Å²) >= 11 is 0. The van der Waals surface area contributed by atoms with Gasteiger partial charge in [-0.1, -0.05) is 42.5 Å². The lowest BCUT2D eigenvalue weighted by Crippen LogP contribution is -2.66. The zero-order valence-corrected chi connectivity index (χ0v) is 16.4. The number of aromatic nitrogens is 2. The Balaban J connectivity index is 1.37. The summed E-state index contributed by atoms with van der Waals surface area (Å²) in [6, 6.07) is 11.8. The van der Waals surface area contributed by atoms with Gasteiger partial charge in [0.25, 0.3) is 5.91 Å². The van der Waals surface area contributed by atoms with Crippen LogP contribution in [0.25, 0.3) is 6.08 Å². The van der Waals surface area contributed by atoms with Gasteiger partial charge in [0, 0.05) is 32.0 Å². The van der Waals surface area contributed by atoms with Gasteiger partial charge in [0.15, 0.2) is 0 Å². The standard InChI is InChI=1S/C22H26N4O2/c1-22(21(28)23-19-15-18(17-11-12-17)24-25(19)2)13-14-26(22)20(27)10-6-9-16-7-4-3-5-8-16/h3-9,15,17H,10-14H2,1-2H3,(H,23,28)/b9-6+. The van der Waals surface area contributed by atoms with E-state index in [4.69, 9.17) is 0 Å². The van der Waals surface area contributed by atoms with Gasteiger partial charge in [-0.3, -0.25) is 14.3 Å². The molecule has 1 aromatic carbocycles. The Morgan fingerprint density at radius 1 is 1.29 bits per heavy atom. The Hall–Kier alpha value is -2.89. The van der Waals surface area contributed by atoms with Crippen LogP contribution in [-0.2, 0) is 16.6 Å². The van der Waals surface area contributed by atoms with Crippen LogP contribution in [-0.4, -0.2) is 38.6 Å². The molecule has 0 spiro atoms. The smallest absolute Gasteiger partial charge is 0.251 e. The highest BCUT2D eigenvalue weighted by atomic mass is 16.2. The van der Waals surface area contributed by atoms with Crippen molar-refractivity contribution in [2.75, 3.05) is 11.9 Å². The van der Waals surface area contributed by atoms with Crippen LogP contribution in [0.15, 0.2) is 42.5 Å². The number of carbonyl (C=O) groups is 2. The van der Waals surface area contributed by atoms with Crippen LogP contribution in [0.3, 0.4) is 0 Å². The number of hydrogen-bond acceptors (Lipinski definition) is 3. The maximum atomic E-state index is 12.9. The molecule has 28 heavy (non-hydrogen) atoms. The van der Waals surface area contributed by atoms with E-state index in [1.54, 1.807) is 9.58 Å². The fraction of sp³-hybridized carbons (Fsp3) is 0.409. The first-order valence-electron chi connectivity index (χ1n) is 9.85. The zero-order valence-electron chi connectivity index (χ0n) is 16.4. The number of nitrogens with one attached hydrogen (secondary N) is 1. The largest absolute Gasteiger partial charge is 0.328 e. The van der Waals surface area contributed by atoms with Crippen LogP contribution >= 0.6 is 0 Å². The quantitative estimate of drug-likeness (QED) is 0.838. The summed E-state index contributed by atoms with van der Waals surface area (Å²) in [5, 5.41) is 7.46. The topological polar surface area (TPSA) is 67.2 Å². The number of aryl methyl sites for hydroxylation is 1. The van der Waals surface area contributed by atoms with Gasteiger partial charge in [0.1, 0.15) is 11.4 Å². The summed E-state index contributed by atoms with van der Waals surface area (Å²) in [6.07, 6.45) is 7.08. The van der Waals surface area contributed by atoms with Gasteiger partial charge in [-0.25, -0.2) is 0 Å². The number of anilines is 1. The van der Waals surface area contributed by atoms with Gasteiger partial charge in [0.2, 0.25) is 5.91 Å². The molecule has 1 unspecified atom stereocenters. The van der Waals surface area contributed by atoms with Crippen molar-refractivity contribution >= 4 is 23.7 Å². The van der Waals surface area contributed by atoms with Gasteiger partial charge < -0.3 is 10.2 Å². The van der Waals surface area contributed by atoms with E-state index in [0.717, 1.165) is 11.3 Å². The Morgan fingerprint density at radius 2 is 2.04 bits per heavy atom. The first kappa shape index (κ1) is 18.5. The molecule has 1 aliphatic carbocycles. The van der Waals surface area contributed by atoms with E-state index in [1.807, 2.05) is 62.5 Å². The van der Waals surface area contributed by atoms with E-state index in [2.05, 4.69) is 10.4 Å². The highest BCUT2D eigenvalue weighted by Gasteiger charge is 2.49. The van der Waals surface area contributed by atoms with Gasteiger partial charge in [0.05, 0.1) is 5.69 Å². The Labute approximate surface area is 165 Å². The van der Waals surface area contributed by atoms with Gasteiger partial charge in [-0.2, -0.15) is 5.10 Å². The monoisotopic (exact) mass is 378 g/mol. The predicted molar refractivity (Wildman–Crippen MR) is 109 cm³/mol. The van der Waals surface area contributed by atoms with Crippen LogP contribution in [0.1, 0.15) is 49.8 Å². The molecule has 2 heterocycles. The van der Waals surface area contributed by atoms with Crippen molar-refractivity contribution in [1.29, 1.82) is 0 Å². The number of carbonyl (C=O) groups excluding carboxylic acids is 2. The summed E-state index contributed by atoms with van der Waals surface area (Å²) in [5.74, 6) is 1.05. The van der Waals surface area contributed by atoms with Crippen LogP contribution in [0.4, 0.5) is 5.82 Å². The molecule has 0 bridgehead atoms. The molecule has 1 saturated heterocycles. The molecule has 4 rings (SSSR count). The highest BCUT2D eigenvalue weighted by molar-refractivity contribution is 6.01. The summed E-state index contributed by atoms with van der Waals surface area (Å²) in [6.45, 7) is 2.45. The highest BCUT2D eigenvalue weighted by Crippen LogP contribution is 2.40. The third-order valence-corrected chi connectivity index (χ3v) is 5.75. The van der Waals surface area contributed by atoms with Gasteiger partial charge in [-0.15, -0.1) is 0 Å². The molecular formula is C22H26N4O2. The average molecular weight is 378 g/mol. The van der Waals surface area contributed by atoms with Crippen molar-refractivity contribution in [3.8, 4) is 0 Å². The molecule has 1 N–H and O–H groups in total. The predicted octanol–water partition coefficient (Wildman–Crippen LogP) is 3.33. The minimum absolute atomic E-state index is 0.0280. The van der Waals surface area contributed by atoms with Crippen molar-refractivity contribution in [2.24, 2.45) is 7.05 Å². The Bertz CT molecular complexity index is 914. The van der Waals surface area contributed by atoms with Crippen molar-refractivity contribution < 1.29 is 9.59 Å². The summed E-state index contributed by atoms with van der Waals surface area (Å²) < 4.78 is 1.71. The molecule has 2 amide bonds. The second-order valence-electron chi connectivity index (χ2n) is 7.89. The number of rotatable bonds is 6. The molecule has 2 aliphatic rings. The Kier molecular flexibility index (Phi) is 4.79. The second kappa shape index (κ2) is 7.26. The molecule has 1 aliphatic heterocycles. The second-order valence-corrected chi connectivity index (χ2v) is 7.89. The van der Waals surface area contributed by atoms with Crippen LogP contribution in [0.2, 0.25) is 0 Å². The maximum absolute atomic E-state index is 12.9. The van der Waals surface area contributed by atoms with Gasteiger partial charge in [-0.05, 0) is 31.7 Å². The molecule has 0 radical (unpaired) electrons. The molecule has 2 fully saturated rings. The summed E-state index contributed by atoms with van der Waals surface area (Å²) in [7, 11) is 1.84. The first-order chi connectivity index (χ1) is 13.5. The molecular weight excluding hydrogens is 352 g/mol. The molecule has 1 aromatic heterocycles. The van der Waals surface area contributed by atoms with E-state index in [0.29, 0.717) is 24.7 Å². The number of amides is 2. The molecule has 1 saturated carbocycles. The van der Waals surface area contributed by atoms with Crippen molar-refractivity contribution in [1.82, 2.24) is 14.7 Å². The SMILES string of the molecule is Cn1nc(C2CC2)cc1NC(=O)C1(C)CCN1C(=O)C/C=C/c1ccccc1. The van der Waals surface area contributed by atoms with Crippen LogP contribution in [0, 0.1) is 0 Å². The number of hydrogen-bond donors (Lipinski definition) is 1. The lowest BCUT2D eigenvalue weighted by atomic mass is 9.85. The molecule has 146 valence electrons. The van der Waals surface area contributed by atoms with E-state index < -0.39 is 5.54 Å². The fourth-order valence-corrected chi connectivity index (χ4v) is 3.60. The normalized spacial score (nSPS) is 21.6. The molecule has 6 nitrogen and oxygen atoms in total. The molecule has 6 heteroatoms. The lowest BCUT2D eigenvalue weighted by Gasteiger charge is -2.49. The molecule has 2 aromatic rings. The van der Waals surface area contributed by atoms with E-state index in [9.17, 15) is 9.59 Å². The minimum Gasteiger partial charge on any atom is -0.328 e. The van der Waals surface area contributed by atoms with Crippen LogP contribution in [0.5, 0.6) is 0 Å². The summed E-state index contributed by atoms with van der Waals surface area (Å²) in [5.41, 5.74) is 1.29. The van der Waals surface area contributed by atoms with E-state index in [1.165, 1.54) is 12.8 Å². The van der Waals surface area contributed by atoms with Gasteiger partial charge >= 0.3 is 0 Å². The molecule has 1 atom stereocenters. The van der Waals surface area contributed by atoms with Crippen molar-refractivity contribution in [3.63, 3.8) is 0 Å². The zero-order chi connectivity index (χ0) is 19.7. The van der Waals surface area contributed by atoms with E-state index in [-0.39, 0.29) is 18.2 Å². The van der Waals surface area contributed by atoms with Crippen molar-refractivity contribution in [2.45, 2.75) is 44.1 Å². The Morgan fingerprint density at radius 3 is 2.68 bits per heavy atom. The van der Waals surface area contributed by atoms with Crippen LogP contribution < -0.4 is 5.32 Å². The third-order valence-electron chi connectivity index (χ3n) is 5.75. The maximum Gasteiger partial charge on any atom is 0.251 e. The minimum atomic E-state index is -0.804. The average Bonchev–Trinajstić information content (AvgIpc) is 3.45. The first-order valence-corrected chi connectivity index (χ1v) is 9.85. The van der Waals surface area contributed by atoms with Crippen molar-refractivity contribution in [3.05, 3.63) is 53.7 Å². The summed E-state index contributed by atoms with van der Waals surface area (Å²) in [4.78, 5) is 27.2. The third kappa shape index (κ3) is 3.59.